The molecule has 0 amide bonds. The number of halogens is 1. The molecule has 0 unspecified atom stereocenters. The summed E-state index contributed by atoms with van der Waals surface area (Å²) in [5.41, 5.74) is 6.45. The van der Waals surface area contributed by atoms with E-state index >= 15 is 0 Å². The third-order valence-corrected chi connectivity index (χ3v) is 3.57. The lowest BCUT2D eigenvalue weighted by atomic mass is 10.1. The summed E-state index contributed by atoms with van der Waals surface area (Å²) in [7, 11) is 0. The van der Waals surface area contributed by atoms with E-state index < -0.39 is 4.92 Å². The van der Waals surface area contributed by atoms with Crippen molar-refractivity contribution in [3.8, 4) is 11.5 Å². The van der Waals surface area contributed by atoms with Crippen LogP contribution >= 0.6 is 15.9 Å². The summed E-state index contributed by atoms with van der Waals surface area (Å²) in [5, 5.41) is 18.3. The molecule has 0 saturated heterocycles. The molecule has 0 aromatic heterocycles. The fourth-order valence-electron chi connectivity index (χ4n) is 1.82. The van der Waals surface area contributed by atoms with Gasteiger partial charge in [-0.25, -0.2) is 0 Å². The third kappa shape index (κ3) is 3.19. The Balaban J connectivity index is 2.35. The van der Waals surface area contributed by atoms with Crippen molar-refractivity contribution in [3.05, 3.63) is 62.1 Å². The van der Waals surface area contributed by atoms with Crippen molar-refractivity contribution in [2.45, 2.75) is 6.92 Å². The Bertz CT molecular complexity index is 731. The van der Waals surface area contributed by atoms with Crippen LogP contribution in [-0.4, -0.2) is 10.8 Å². The van der Waals surface area contributed by atoms with Crippen molar-refractivity contribution in [2.75, 3.05) is 0 Å². The number of ether oxygens (including phenoxy) is 1. The van der Waals surface area contributed by atoms with Crippen LogP contribution in [0.4, 0.5) is 5.69 Å². The van der Waals surface area contributed by atoms with Gasteiger partial charge < -0.3 is 10.5 Å². The smallest absolute Gasteiger partial charge is 0.276 e. The number of hydrogen-bond donors (Lipinski definition) is 2. The minimum atomic E-state index is -0.447. The number of hydrogen-bond acceptors (Lipinski definition) is 4. The molecule has 0 saturated carbocycles. The Morgan fingerprint density at radius 1 is 1.38 bits per heavy atom. The molecular weight excluding hydrogens is 338 g/mol. The minimum absolute atomic E-state index is 0.00641. The minimum Gasteiger partial charge on any atom is -0.457 e. The van der Waals surface area contributed by atoms with Crippen LogP contribution in [0.2, 0.25) is 0 Å². The van der Waals surface area contributed by atoms with Gasteiger partial charge in [-0.15, -0.1) is 0 Å². The van der Waals surface area contributed by atoms with Gasteiger partial charge in [-0.05, 0) is 47.1 Å². The normalized spacial score (nSPS) is 10.2. The van der Waals surface area contributed by atoms with E-state index in [2.05, 4.69) is 15.9 Å². The number of amidine groups is 1. The van der Waals surface area contributed by atoms with Gasteiger partial charge in [-0.1, -0.05) is 6.07 Å². The summed E-state index contributed by atoms with van der Waals surface area (Å²) in [5.74, 6) is 0.849. The van der Waals surface area contributed by atoms with Crippen molar-refractivity contribution in [3.63, 3.8) is 0 Å². The Morgan fingerprint density at radius 3 is 2.67 bits per heavy atom. The van der Waals surface area contributed by atoms with Gasteiger partial charge >= 0.3 is 0 Å². The number of nitrogens with two attached hydrogens (primary N) is 1. The highest BCUT2D eigenvalue weighted by atomic mass is 79.9. The summed E-state index contributed by atoms with van der Waals surface area (Å²) in [6.45, 7) is 1.63. The number of benzene rings is 2. The standard InChI is InChI=1S/C14H12BrN3O3/c1-8-12(18(19)20)3-2-4-13(8)21-9-5-6-10(14(16)17)11(15)7-9/h2-7H,1H3,(H3,16,17). The first kappa shape index (κ1) is 15.0. The molecule has 0 heterocycles. The van der Waals surface area contributed by atoms with E-state index in [1.807, 2.05) is 0 Å². The number of nitro groups is 1. The van der Waals surface area contributed by atoms with Gasteiger partial charge in [0.25, 0.3) is 5.69 Å². The van der Waals surface area contributed by atoms with Crippen molar-refractivity contribution in [1.82, 2.24) is 0 Å². The van der Waals surface area contributed by atoms with E-state index in [1.54, 1.807) is 37.3 Å². The molecule has 2 aromatic carbocycles. The first-order valence-electron chi connectivity index (χ1n) is 5.96. The van der Waals surface area contributed by atoms with Gasteiger partial charge in [0.1, 0.15) is 17.3 Å². The molecule has 2 rings (SSSR count). The summed E-state index contributed by atoms with van der Waals surface area (Å²) >= 11 is 3.31. The molecule has 0 fully saturated rings. The topological polar surface area (TPSA) is 102 Å². The van der Waals surface area contributed by atoms with Gasteiger partial charge in [-0.3, -0.25) is 15.5 Å². The number of rotatable bonds is 4. The lowest BCUT2D eigenvalue weighted by molar-refractivity contribution is -0.385. The van der Waals surface area contributed by atoms with Gasteiger partial charge in [0.15, 0.2) is 0 Å². The van der Waals surface area contributed by atoms with E-state index in [9.17, 15) is 10.1 Å². The highest BCUT2D eigenvalue weighted by Gasteiger charge is 2.15. The zero-order chi connectivity index (χ0) is 15.6. The zero-order valence-electron chi connectivity index (χ0n) is 11.1. The molecule has 21 heavy (non-hydrogen) atoms. The molecule has 0 spiro atoms. The Morgan fingerprint density at radius 2 is 2.10 bits per heavy atom. The maximum atomic E-state index is 10.9. The fourth-order valence-corrected chi connectivity index (χ4v) is 2.39. The van der Waals surface area contributed by atoms with E-state index in [1.165, 1.54) is 6.07 Å². The maximum Gasteiger partial charge on any atom is 0.276 e. The second-order valence-electron chi connectivity index (χ2n) is 4.31. The van der Waals surface area contributed by atoms with Gasteiger partial charge in [0, 0.05) is 16.1 Å². The van der Waals surface area contributed by atoms with Crippen LogP contribution in [0.3, 0.4) is 0 Å². The first-order chi connectivity index (χ1) is 9.90. The second kappa shape index (κ2) is 5.92. The number of nitrogens with one attached hydrogen (secondary N) is 1. The maximum absolute atomic E-state index is 10.9. The molecule has 0 aliphatic rings. The Hall–Kier alpha value is -2.41. The molecule has 2 aromatic rings. The predicted octanol–water partition coefficient (Wildman–Crippen LogP) is 3.74. The highest BCUT2D eigenvalue weighted by molar-refractivity contribution is 9.10. The summed E-state index contributed by atoms with van der Waals surface area (Å²) < 4.78 is 6.29. The van der Waals surface area contributed by atoms with Crippen LogP contribution in [0, 0.1) is 22.4 Å². The van der Waals surface area contributed by atoms with Crippen molar-refractivity contribution >= 4 is 27.5 Å². The lowest BCUT2D eigenvalue weighted by Crippen LogP contribution is -2.11. The Kier molecular flexibility index (Phi) is 4.23. The summed E-state index contributed by atoms with van der Waals surface area (Å²) in [4.78, 5) is 10.5. The molecule has 108 valence electrons. The predicted molar refractivity (Wildman–Crippen MR) is 83.1 cm³/mol. The largest absolute Gasteiger partial charge is 0.457 e. The molecule has 6 nitrogen and oxygen atoms in total. The van der Waals surface area contributed by atoms with Crippen LogP contribution in [0.15, 0.2) is 40.9 Å². The molecule has 0 aliphatic heterocycles. The van der Waals surface area contributed by atoms with E-state index in [-0.39, 0.29) is 11.5 Å². The van der Waals surface area contributed by atoms with Gasteiger partial charge in [0.05, 0.1) is 10.5 Å². The molecule has 0 aliphatic carbocycles. The van der Waals surface area contributed by atoms with Crippen LogP contribution in [-0.2, 0) is 0 Å². The van der Waals surface area contributed by atoms with E-state index in [4.69, 9.17) is 15.9 Å². The first-order valence-corrected chi connectivity index (χ1v) is 6.75. The third-order valence-electron chi connectivity index (χ3n) is 2.91. The summed E-state index contributed by atoms with van der Waals surface area (Å²) in [6, 6.07) is 9.62. The quantitative estimate of drug-likeness (QED) is 0.379. The zero-order valence-corrected chi connectivity index (χ0v) is 12.7. The molecule has 0 radical (unpaired) electrons. The molecule has 0 bridgehead atoms. The lowest BCUT2D eigenvalue weighted by Gasteiger charge is -2.10. The average molecular weight is 350 g/mol. The SMILES string of the molecule is Cc1c(Oc2ccc(C(=N)N)c(Br)c2)cccc1[N+](=O)[O-]. The van der Waals surface area contributed by atoms with Crippen molar-refractivity contribution in [1.29, 1.82) is 5.41 Å². The van der Waals surface area contributed by atoms with Crippen LogP contribution < -0.4 is 10.5 Å². The van der Waals surface area contributed by atoms with Gasteiger partial charge in [-0.2, -0.15) is 0 Å². The average Bonchev–Trinajstić information content (AvgIpc) is 2.40. The number of nitrogen functional groups attached to an aromatic ring is 1. The van der Waals surface area contributed by atoms with Gasteiger partial charge in [0.2, 0.25) is 0 Å². The molecular formula is C14H12BrN3O3. The summed E-state index contributed by atoms with van der Waals surface area (Å²) in [6.07, 6.45) is 0. The fraction of sp³-hybridized carbons (Fsp3) is 0.0714. The molecule has 3 N–H and O–H groups in total. The molecule has 0 atom stereocenters. The Labute approximate surface area is 129 Å². The monoisotopic (exact) mass is 349 g/mol. The van der Waals surface area contributed by atoms with Crippen molar-refractivity contribution < 1.29 is 9.66 Å². The van der Waals surface area contributed by atoms with Crippen LogP contribution in [0.25, 0.3) is 0 Å². The second-order valence-corrected chi connectivity index (χ2v) is 5.17. The van der Waals surface area contributed by atoms with E-state index in [0.29, 0.717) is 27.1 Å². The van der Waals surface area contributed by atoms with Crippen molar-refractivity contribution in [2.24, 2.45) is 5.73 Å². The number of nitro benzene ring substituents is 1. The van der Waals surface area contributed by atoms with Crippen LogP contribution in [0.1, 0.15) is 11.1 Å². The van der Waals surface area contributed by atoms with E-state index in [0.717, 1.165) is 0 Å². The highest BCUT2D eigenvalue weighted by Crippen LogP contribution is 2.32. The van der Waals surface area contributed by atoms with Crippen LogP contribution in [0.5, 0.6) is 11.5 Å². The molecule has 7 heteroatoms. The number of nitrogens with zero attached hydrogens (tertiary/aromatic N) is 1.